The number of hydrogen-bond donors (Lipinski definition) is 1. The molecule has 1 amide bonds. The van der Waals surface area contributed by atoms with Crippen molar-refractivity contribution in [3.05, 3.63) is 51.3 Å². The molecule has 140 valence electrons. The Labute approximate surface area is 161 Å². The van der Waals surface area contributed by atoms with Crippen LogP contribution in [-0.2, 0) is 17.6 Å². The molecule has 0 aliphatic rings. The lowest BCUT2D eigenvalue weighted by Crippen LogP contribution is -2.26. The van der Waals surface area contributed by atoms with E-state index < -0.39 is 0 Å². The van der Waals surface area contributed by atoms with Gasteiger partial charge in [-0.15, -0.1) is 0 Å². The Morgan fingerprint density at radius 2 is 1.54 bits per heavy atom. The van der Waals surface area contributed by atoms with E-state index in [0.29, 0.717) is 19.4 Å². The molecule has 1 N–H and O–H groups in total. The van der Waals surface area contributed by atoms with Crippen LogP contribution in [0.2, 0.25) is 0 Å². The van der Waals surface area contributed by atoms with Crippen LogP contribution < -0.4 is 5.32 Å². The van der Waals surface area contributed by atoms with Crippen molar-refractivity contribution in [1.82, 2.24) is 15.3 Å². The maximum atomic E-state index is 12.2. The molecule has 0 aliphatic heterocycles. The van der Waals surface area contributed by atoms with Crippen LogP contribution in [0.3, 0.4) is 0 Å². The highest BCUT2D eigenvalue weighted by Gasteiger charge is 2.11. The first-order valence-corrected chi connectivity index (χ1v) is 10.3. The van der Waals surface area contributed by atoms with Gasteiger partial charge in [0.2, 0.25) is 5.91 Å². The van der Waals surface area contributed by atoms with E-state index >= 15 is 0 Å². The number of thioether (sulfide) groups is 1. The van der Waals surface area contributed by atoms with Crippen molar-refractivity contribution in [2.45, 2.75) is 59.0 Å². The summed E-state index contributed by atoms with van der Waals surface area (Å²) < 4.78 is 0. The van der Waals surface area contributed by atoms with Gasteiger partial charge in [0.1, 0.15) is 0 Å². The van der Waals surface area contributed by atoms with Crippen molar-refractivity contribution in [2.24, 2.45) is 0 Å². The second-order valence-corrected chi connectivity index (χ2v) is 7.61. The fourth-order valence-electron chi connectivity index (χ4n) is 3.42. The summed E-state index contributed by atoms with van der Waals surface area (Å²) in [6, 6.07) is 4.40. The van der Waals surface area contributed by atoms with E-state index in [-0.39, 0.29) is 5.91 Å². The van der Waals surface area contributed by atoms with Crippen LogP contribution in [0.4, 0.5) is 0 Å². The van der Waals surface area contributed by atoms with Gasteiger partial charge in [-0.1, -0.05) is 29.5 Å². The standard InChI is InChI=1S/C21H29N3OS/c1-13-11-14(2)18(15(3)12-13)9-10-22-20(25)8-7-19-16(4)23-21(26-6)24-17(19)5/h11-12H,7-10H2,1-6H3,(H,22,25). The summed E-state index contributed by atoms with van der Waals surface area (Å²) in [5, 5.41) is 3.84. The Morgan fingerprint density at radius 3 is 2.08 bits per heavy atom. The molecule has 0 fully saturated rings. The Kier molecular flexibility index (Phi) is 7.21. The maximum Gasteiger partial charge on any atom is 0.220 e. The molecule has 1 aromatic heterocycles. The molecule has 2 aromatic rings. The number of hydrogen-bond acceptors (Lipinski definition) is 4. The molecule has 0 saturated carbocycles. The van der Waals surface area contributed by atoms with Gasteiger partial charge in [0.05, 0.1) is 0 Å². The second kappa shape index (κ2) is 9.17. The predicted octanol–water partition coefficient (Wildman–Crippen LogP) is 4.03. The molecular formula is C21H29N3OS. The number of rotatable bonds is 7. The number of amides is 1. The van der Waals surface area contributed by atoms with Gasteiger partial charge in [0.15, 0.2) is 5.16 Å². The summed E-state index contributed by atoms with van der Waals surface area (Å²) in [5.74, 6) is 0.0835. The lowest BCUT2D eigenvalue weighted by atomic mass is 9.97. The van der Waals surface area contributed by atoms with Crippen molar-refractivity contribution < 1.29 is 4.79 Å². The highest BCUT2D eigenvalue weighted by molar-refractivity contribution is 7.98. The van der Waals surface area contributed by atoms with Gasteiger partial charge in [0, 0.05) is 24.4 Å². The molecule has 1 aromatic carbocycles. The number of aryl methyl sites for hydroxylation is 5. The Bertz CT molecular complexity index is 756. The van der Waals surface area contributed by atoms with Crippen LogP contribution in [0.1, 0.15) is 45.6 Å². The normalized spacial score (nSPS) is 10.8. The van der Waals surface area contributed by atoms with Crippen molar-refractivity contribution >= 4 is 17.7 Å². The first kappa shape index (κ1) is 20.4. The Morgan fingerprint density at radius 1 is 0.962 bits per heavy atom. The van der Waals surface area contributed by atoms with Crippen molar-refractivity contribution in [2.75, 3.05) is 12.8 Å². The molecule has 0 bridgehead atoms. The lowest BCUT2D eigenvalue weighted by molar-refractivity contribution is -0.121. The third-order valence-electron chi connectivity index (χ3n) is 4.72. The number of carbonyl (C=O) groups excluding carboxylic acids is 1. The number of carbonyl (C=O) groups is 1. The van der Waals surface area contributed by atoms with E-state index in [2.05, 4.69) is 48.2 Å². The zero-order valence-electron chi connectivity index (χ0n) is 16.7. The van der Waals surface area contributed by atoms with Gasteiger partial charge in [-0.2, -0.15) is 0 Å². The summed E-state index contributed by atoms with van der Waals surface area (Å²) in [5.41, 5.74) is 8.25. The van der Waals surface area contributed by atoms with Crippen LogP contribution >= 0.6 is 11.8 Å². The summed E-state index contributed by atoms with van der Waals surface area (Å²) in [7, 11) is 0. The van der Waals surface area contributed by atoms with Crippen LogP contribution in [0.25, 0.3) is 0 Å². The summed E-state index contributed by atoms with van der Waals surface area (Å²) in [4.78, 5) is 21.2. The fraction of sp³-hybridized carbons (Fsp3) is 0.476. The van der Waals surface area contributed by atoms with Gasteiger partial charge in [-0.25, -0.2) is 9.97 Å². The van der Waals surface area contributed by atoms with Gasteiger partial charge < -0.3 is 5.32 Å². The lowest BCUT2D eigenvalue weighted by Gasteiger charge is -2.13. The van der Waals surface area contributed by atoms with Crippen LogP contribution in [0.5, 0.6) is 0 Å². The first-order valence-electron chi connectivity index (χ1n) is 9.03. The highest BCUT2D eigenvalue weighted by Crippen LogP contribution is 2.18. The minimum absolute atomic E-state index is 0.0835. The molecule has 5 heteroatoms. The first-order chi connectivity index (χ1) is 12.3. The predicted molar refractivity (Wildman–Crippen MR) is 109 cm³/mol. The minimum Gasteiger partial charge on any atom is -0.356 e. The molecule has 2 rings (SSSR count). The topological polar surface area (TPSA) is 54.9 Å². The molecule has 0 saturated heterocycles. The molecule has 0 radical (unpaired) electrons. The molecule has 0 atom stereocenters. The number of nitrogens with zero attached hydrogens (tertiary/aromatic N) is 2. The van der Waals surface area contributed by atoms with Crippen LogP contribution in [0, 0.1) is 34.6 Å². The van der Waals surface area contributed by atoms with Gasteiger partial charge in [-0.3, -0.25) is 4.79 Å². The van der Waals surface area contributed by atoms with E-state index in [1.165, 1.54) is 22.3 Å². The zero-order chi connectivity index (χ0) is 19.3. The largest absolute Gasteiger partial charge is 0.356 e. The van der Waals surface area contributed by atoms with Crippen LogP contribution in [0.15, 0.2) is 17.3 Å². The van der Waals surface area contributed by atoms with E-state index in [1.807, 2.05) is 20.1 Å². The molecule has 0 unspecified atom stereocenters. The number of benzene rings is 1. The average Bonchev–Trinajstić information content (AvgIpc) is 2.56. The molecular weight excluding hydrogens is 342 g/mol. The van der Waals surface area contributed by atoms with E-state index in [4.69, 9.17) is 0 Å². The minimum atomic E-state index is 0.0835. The van der Waals surface area contributed by atoms with E-state index in [9.17, 15) is 4.79 Å². The van der Waals surface area contributed by atoms with E-state index in [0.717, 1.165) is 28.5 Å². The van der Waals surface area contributed by atoms with Gasteiger partial charge in [-0.05, 0) is 76.0 Å². The third kappa shape index (κ3) is 5.31. The Hall–Kier alpha value is -1.88. The maximum absolute atomic E-state index is 12.2. The van der Waals surface area contributed by atoms with Gasteiger partial charge in [0.25, 0.3) is 0 Å². The third-order valence-corrected chi connectivity index (χ3v) is 5.27. The summed E-state index contributed by atoms with van der Waals surface area (Å²) >= 11 is 1.54. The SMILES string of the molecule is CSc1nc(C)c(CCC(=O)NCCc2c(C)cc(C)cc2C)c(C)n1. The molecule has 4 nitrogen and oxygen atoms in total. The van der Waals surface area contributed by atoms with Crippen molar-refractivity contribution in [3.63, 3.8) is 0 Å². The monoisotopic (exact) mass is 371 g/mol. The Balaban J connectivity index is 1.87. The zero-order valence-corrected chi connectivity index (χ0v) is 17.5. The molecule has 0 spiro atoms. The number of nitrogens with one attached hydrogen (secondary N) is 1. The quantitative estimate of drug-likeness (QED) is 0.590. The average molecular weight is 372 g/mol. The molecule has 0 aliphatic carbocycles. The van der Waals surface area contributed by atoms with Crippen molar-refractivity contribution in [1.29, 1.82) is 0 Å². The smallest absolute Gasteiger partial charge is 0.220 e. The van der Waals surface area contributed by atoms with E-state index in [1.54, 1.807) is 11.8 Å². The highest BCUT2D eigenvalue weighted by atomic mass is 32.2. The summed E-state index contributed by atoms with van der Waals surface area (Å²) in [6.45, 7) is 11.0. The molecule has 26 heavy (non-hydrogen) atoms. The molecule has 1 heterocycles. The fourth-order valence-corrected chi connectivity index (χ4v) is 3.88. The van der Waals surface area contributed by atoms with Crippen LogP contribution in [-0.4, -0.2) is 28.7 Å². The number of aromatic nitrogens is 2. The second-order valence-electron chi connectivity index (χ2n) is 6.84. The summed E-state index contributed by atoms with van der Waals surface area (Å²) in [6.07, 6.45) is 3.99. The van der Waals surface area contributed by atoms with Crippen molar-refractivity contribution in [3.8, 4) is 0 Å². The van der Waals surface area contributed by atoms with Gasteiger partial charge >= 0.3 is 0 Å².